The van der Waals surface area contributed by atoms with Crippen LogP contribution in [0.1, 0.15) is 18.4 Å². The molecule has 0 spiro atoms. The number of aliphatic imine (C=N–C) groups is 1. The lowest BCUT2D eigenvalue weighted by Gasteiger charge is -2.36. The maximum absolute atomic E-state index is 5.51. The third-order valence-electron chi connectivity index (χ3n) is 6.91. The van der Waals surface area contributed by atoms with Crippen LogP contribution in [0.5, 0.6) is 0 Å². The minimum absolute atomic E-state index is 0.646. The zero-order chi connectivity index (χ0) is 21.5. The molecule has 3 saturated heterocycles. The standard InChI is InChI=1S/C24H40N6O/c1-21-5-3-6-22(19-21)28-13-11-27(12-14-28)9-4-8-26-24(25-2)30-10-7-23(20-30)29-15-17-31-18-16-29/h3,5-6,19,23H,4,7-18,20H2,1-2H3,(H,25,26). The third-order valence-corrected chi connectivity index (χ3v) is 6.91. The highest BCUT2D eigenvalue weighted by molar-refractivity contribution is 5.80. The molecule has 7 nitrogen and oxygen atoms in total. The average Bonchev–Trinajstić information content (AvgIpc) is 3.30. The minimum Gasteiger partial charge on any atom is -0.379 e. The summed E-state index contributed by atoms with van der Waals surface area (Å²) < 4.78 is 5.51. The summed E-state index contributed by atoms with van der Waals surface area (Å²) in [6.45, 7) is 14.9. The molecule has 3 heterocycles. The molecule has 3 fully saturated rings. The Bertz CT molecular complexity index is 712. The Kier molecular flexibility index (Phi) is 8.05. The van der Waals surface area contributed by atoms with Crippen LogP contribution in [0.15, 0.2) is 29.3 Å². The van der Waals surface area contributed by atoms with E-state index in [1.165, 1.54) is 17.7 Å². The van der Waals surface area contributed by atoms with Gasteiger partial charge in [0.2, 0.25) is 0 Å². The molecule has 1 N–H and O–H groups in total. The van der Waals surface area contributed by atoms with Crippen molar-refractivity contribution in [1.82, 2.24) is 20.0 Å². The van der Waals surface area contributed by atoms with Gasteiger partial charge in [0.1, 0.15) is 0 Å². The van der Waals surface area contributed by atoms with Gasteiger partial charge in [0, 0.05) is 77.7 Å². The fourth-order valence-corrected chi connectivity index (χ4v) is 5.06. The molecule has 31 heavy (non-hydrogen) atoms. The van der Waals surface area contributed by atoms with E-state index in [4.69, 9.17) is 4.74 Å². The van der Waals surface area contributed by atoms with Crippen molar-refractivity contribution < 1.29 is 4.74 Å². The summed E-state index contributed by atoms with van der Waals surface area (Å²) in [6.07, 6.45) is 2.39. The van der Waals surface area contributed by atoms with Crippen LogP contribution in [0, 0.1) is 6.92 Å². The van der Waals surface area contributed by atoms with Gasteiger partial charge in [-0.2, -0.15) is 0 Å². The van der Waals surface area contributed by atoms with E-state index in [0.29, 0.717) is 6.04 Å². The molecule has 3 aliphatic rings. The van der Waals surface area contributed by atoms with Crippen LogP contribution in [0.25, 0.3) is 0 Å². The van der Waals surface area contributed by atoms with Crippen LogP contribution in [0.2, 0.25) is 0 Å². The first kappa shape index (κ1) is 22.4. The summed E-state index contributed by atoms with van der Waals surface area (Å²) >= 11 is 0. The quantitative estimate of drug-likeness (QED) is 0.421. The van der Waals surface area contributed by atoms with Gasteiger partial charge in [0.25, 0.3) is 0 Å². The first-order valence-corrected chi connectivity index (χ1v) is 12.0. The predicted octanol–water partition coefficient (Wildman–Crippen LogP) is 1.49. The van der Waals surface area contributed by atoms with Crippen LogP contribution in [0.3, 0.4) is 0 Å². The highest BCUT2D eigenvalue weighted by atomic mass is 16.5. The maximum atomic E-state index is 5.51. The van der Waals surface area contributed by atoms with Crippen molar-refractivity contribution in [3.8, 4) is 0 Å². The van der Waals surface area contributed by atoms with E-state index >= 15 is 0 Å². The van der Waals surface area contributed by atoms with E-state index in [2.05, 4.69) is 61.1 Å². The normalized spacial score (nSPS) is 24.1. The van der Waals surface area contributed by atoms with Gasteiger partial charge in [-0.25, -0.2) is 0 Å². The lowest BCUT2D eigenvalue weighted by atomic mass is 10.2. The van der Waals surface area contributed by atoms with Crippen LogP contribution < -0.4 is 10.2 Å². The highest BCUT2D eigenvalue weighted by Crippen LogP contribution is 2.18. The molecule has 172 valence electrons. The minimum atomic E-state index is 0.646. The summed E-state index contributed by atoms with van der Waals surface area (Å²) in [6, 6.07) is 9.52. The molecule has 1 aromatic rings. The van der Waals surface area contributed by atoms with E-state index in [1.807, 2.05) is 7.05 Å². The Balaban J connectivity index is 1.13. The second-order valence-electron chi connectivity index (χ2n) is 9.03. The number of benzene rings is 1. The first-order chi connectivity index (χ1) is 15.2. The summed E-state index contributed by atoms with van der Waals surface area (Å²) in [7, 11) is 1.91. The molecule has 1 atom stereocenters. The Morgan fingerprint density at radius 2 is 1.90 bits per heavy atom. The smallest absolute Gasteiger partial charge is 0.193 e. The van der Waals surface area contributed by atoms with Crippen molar-refractivity contribution >= 4 is 11.6 Å². The second kappa shape index (κ2) is 11.2. The molecule has 0 aliphatic carbocycles. The van der Waals surface area contributed by atoms with E-state index in [-0.39, 0.29) is 0 Å². The van der Waals surface area contributed by atoms with Gasteiger partial charge >= 0.3 is 0 Å². The zero-order valence-electron chi connectivity index (χ0n) is 19.4. The van der Waals surface area contributed by atoms with Gasteiger partial charge < -0.3 is 19.9 Å². The van der Waals surface area contributed by atoms with Crippen molar-refractivity contribution in [3.63, 3.8) is 0 Å². The number of nitrogens with one attached hydrogen (secondary N) is 1. The molecule has 0 amide bonds. The van der Waals surface area contributed by atoms with Gasteiger partial charge in [-0.05, 0) is 44.0 Å². The van der Waals surface area contributed by atoms with Crippen LogP contribution in [0.4, 0.5) is 5.69 Å². The first-order valence-electron chi connectivity index (χ1n) is 12.0. The Hall–Kier alpha value is -1.83. The lowest BCUT2D eigenvalue weighted by molar-refractivity contribution is 0.0195. The molecule has 0 saturated carbocycles. The molecular weight excluding hydrogens is 388 g/mol. The van der Waals surface area contributed by atoms with E-state index in [1.54, 1.807) is 0 Å². The predicted molar refractivity (Wildman–Crippen MR) is 128 cm³/mol. The van der Waals surface area contributed by atoms with Crippen LogP contribution in [-0.4, -0.2) is 112 Å². The Morgan fingerprint density at radius 3 is 2.65 bits per heavy atom. The molecule has 1 unspecified atom stereocenters. The number of hydrogen-bond acceptors (Lipinski definition) is 5. The molecule has 7 heteroatoms. The van der Waals surface area contributed by atoms with Gasteiger partial charge in [-0.15, -0.1) is 0 Å². The van der Waals surface area contributed by atoms with E-state index in [9.17, 15) is 0 Å². The summed E-state index contributed by atoms with van der Waals surface area (Å²) in [5.41, 5.74) is 2.71. The summed E-state index contributed by atoms with van der Waals surface area (Å²) in [5.74, 6) is 1.07. The maximum Gasteiger partial charge on any atom is 0.193 e. The fraction of sp³-hybridized carbons (Fsp3) is 0.708. The number of morpholine rings is 1. The third kappa shape index (κ3) is 6.11. The van der Waals surface area contributed by atoms with Crippen LogP contribution in [-0.2, 0) is 4.74 Å². The van der Waals surface area contributed by atoms with Crippen molar-refractivity contribution in [2.45, 2.75) is 25.8 Å². The van der Waals surface area contributed by atoms with Crippen molar-refractivity contribution in [2.75, 3.05) is 90.6 Å². The number of anilines is 1. The second-order valence-corrected chi connectivity index (χ2v) is 9.03. The van der Waals surface area contributed by atoms with E-state index in [0.717, 1.165) is 91.0 Å². The van der Waals surface area contributed by atoms with Gasteiger partial charge in [0.05, 0.1) is 13.2 Å². The average molecular weight is 429 g/mol. The Labute approximate surface area is 188 Å². The molecular formula is C24H40N6O. The monoisotopic (exact) mass is 428 g/mol. The number of likely N-dealkylation sites (tertiary alicyclic amines) is 1. The molecule has 0 bridgehead atoms. The van der Waals surface area contributed by atoms with Crippen molar-refractivity contribution in [3.05, 3.63) is 29.8 Å². The van der Waals surface area contributed by atoms with Crippen molar-refractivity contribution in [2.24, 2.45) is 4.99 Å². The zero-order valence-corrected chi connectivity index (χ0v) is 19.4. The Morgan fingerprint density at radius 1 is 1.10 bits per heavy atom. The molecule has 4 rings (SSSR count). The molecule has 0 radical (unpaired) electrons. The lowest BCUT2D eigenvalue weighted by Crippen LogP contribution is -2.48. The number of ether oxygens (including phenoxy) is 1. The summed E-state index contributed by atoms with van der Waals surface area (Å²) in [5, 5.41) is 3.61. The van der Waals surface area contributed by atoms with Gasteiger partial charge in [0.15, 0.2) is 5.96 Å². The number of guanidine groups is 1. The van der Waals surface area contributed by atoms with Gasteiger partial charge in [-0.1, -0.05) is 12.1 Å². The number of piperazine rings is 1. The summed E-state index contributed by atoms with van der Waals surface area (Å²) in [4.78, 5) is 14.7. The largest absolute Gasteiger partial charge is 0.379 e. The van der Waals surface area contributed by atoms with Crippen LogP contribution >= 0.6 is 0 Å². The molecule has 0 aromatic heterocycles. The highest BCUT2D eigenvalue weighted by Gasteiger charge is 2.30. The number of hydrogen-bond donors (Lipinski definition) is 1. The van der Waals surface area contributed by atoms with Gasteiger partial charge in [-0.3, -0.25) is 14.8 Å². The molecule has 3 aliphatic heterocycles. The SMILES string of the molecule is CN=C(NCCCN1CCN(c2cccc(C)c2)CC1)N1CCC(N2CCOCC2)C1. The number of aryl methyl sites for hydroxylation is 1. The fourth-order valence-electron chi connectivity index (χ4n) is 5.06. The van der Waals surface area contributed by atoms with E-state index < -0.39 is 0 Å². The number of nitrogens with zero attached hydrogens (tertiary/aromatic N) is 5. The van der Waals surface area contributed by atoms with Crippen molar-refractivity contribution in [1.29, 1.82) is 0 Å². The number of rotatable bonds is 6. The topological polar surface area (TPSA) is 46.6 Å². The molecule has 1 aromatic carbocycles.